The standard InChI is InChI=1S/C21H21FN4O2/c1-14(25-27-13-15-2-8-19(22)9-3-15)16-4-6-17(7-5-16)20-24-21(28-26-20)18-10-11-23-12-18/h2-9,18,23H,10-13H2,1H3/t18-/m1/s1. The smallest absolute Gasteiger partial charge is 0.231 e. The predicted octanol–water partition coefficient (Wildman–Crippen LogP) is 3.89. The molecule has 0 spiro atoms. The first-order valence-electron chi connectivity index (χ1n) is 9.25. The van der Waals surface area contributed by atoms with Crippen LogP contribution in [0.15, 0.2) is 58.2 Å². The van der Waals surface area contributed by atoms with Crippen LogP contribution in [0, 0.1) is 5.82 Å². The van der Waals surface area contributed by atoms with Gasteiger partial charge in [-0.25, -0.2) is 4.39 Å². The van der Waals surface area contributed by atoms with E-state index in [0.29, 0.717) is 17.6 Å². The summed E-state index contributed by atoms with van der Waals surface area (Å²) in [7, 11) is 0. The Morgan fingerprint density at radius 2 is 2.00 bits per heavy atom. The molecule has 1 aliphatic heterocycles. The van der Waals surface area contributed by atoms with Crippen molar-refractivity contribution in [3.8, 4) is 11.4 Å². The molecular formula is C21H21FN4O2. The number of hydrogen-bond donors (Lipinski definition) is 1. The lowest BCUT2D eigenvalue weighted by atomic mass is 10.1. The zero-order valence-electron chi connectivity index (χ0n) is 15.6. The number of halogens is 1. The summed E-state index contributed by atoms with van der Waals surface area (Å²) in [4.78, 5) is 9.90. The second-order valence-electron chi connectivity index (χ2n) is 6.80. The van der Waals surface area contributed by atoms with E-state index in [1.54, 1.807) is 12.1 Å². The summed E-state index contributed by atoms with van der Waals surface area (Å²) in [6.45, 7) is 4.03. The van der Waals surface area contributed by atoms with Gasteiger partial charge in [-0.1, -0.05) is 46.7 Å². The van der Waals surface area contributed by atoms with Gasteiger partial charge in [0.05, 0.1) is 11.6 Å². The van der Waals surface area contributed by atoms with Gasteiger partial charge in [0.2, 0.25) is 11.7 Å². The van der Waals surface area contributed by atoms with Crippen molar-refractivity contribution in [2.24, 2.45) is 5.16 Å². The van der Waals surface area contributed by atoms with Crippen molar-refractivity contribution in [2.75, 3.05) is 13.1 Å². The molecule has 3 aromatic rings. The molecule has 1 saturated heterocycles. The highest BCUT2D eigenvalue weighted by atomic mass is 19.1. The molecular weight excluding hydrogens is 359 g/mol. The average Bonchev–Trinajstić information content (AvgIpc) is 3.41. The maximum Gasteiger partial charge on any atom is 0.231 e. The summed E-state index contributed by atoms with van der Waals surface area (Å²) >= 11 is 0. The van der Waals surface area contributed by atoms with Crippen molar-refractivity contribution in [3.63, 3.8) is 0 Å². The van der Waals surface area contributed by atoms with E-state index < -0.39 is 0 Å². The van der Waals surface area contributed by atoms with Crippen LogP contribution in [0.2, 0.25) is 0 Å². The third-order valence-corrected chi connectivity index (χ3v) is 4.76. The van der Waals surface area contributed by atoms with Crippen LogP contribution in [-0.2, 0) is 11.4 Å². The van der Waals surface area contributed by atoms with E-state index in [4.69, 9.17) is 9.36 Å². The Morgan fingerprint density at radius 1 is 1.21 bits per heavy atom. The van der Waals surface area contributed by atoms with Crippen molar-refractivity contribution < 1.29 is 13.8 Å². The van der Waals surface area contributed by atoms with Crippen LogP contribution in [0.1, 0.15) is 36.3 Å². The maximum absolute atomic E-state index is 12.9. The van der Waals surface area contributed by atoms with Crippen molar-refractivity contribution >= 4 is 5.71 Å². The summed E-state index contributed by atoms with van der Waals surface area (Å²) in [6.07, 6.45) is 1.02. The Bertz CT molecular complexity index is 945. The van der Waals surface area contributed by atoms with Gasteiger partial charge >= 0.3 is 0 Å². The average molecular weight is 380 g/mol. The molecule has 0 amide bonds. The van der Waals surface area contributed by atoms with Crippen LogP contribution in [-0.4, -0.2) is 28.9 Å². The molecule has 2 heterocycles. The van der Waals surface area contributed by atoms with E-state index in [1.807, 2.05) is 31.2 Å². The van der Waals surface area contributed by atoms with Crippen molar-refractivity contribution in [2.45, 2.75) is 25.9 Å². The molecule has 2 aromatic carbocycles. The summed E-state index contributed by atoms with van der Waals surface area (Å²) in [6, 6.07) is 13.9. The van der Waals surface area contributed by atoms with Crippen LogP contribution in [0.3, 0.4) is 0 Å². The third kappa shape index (κ3) is 4.26. The number of nitrogens with zero attached hydrogens (tertiary/aromatic N) is 3. The van der Waals surface area contributed by atoms with Crippen molar-refractivity contribution in [1.29, 1.82) is 0 Å². The molecule has 1 atom stereocenters. The van der Waals surface area contributed by atoms with Gasteiger partial charge in [-0.3, -0.25) is 0 Å². The van der Waals surface area contributed by atoms with Gasteiger partial charge in [0.1, 0.15) is 12.4 Å². The second-order valence-corrected chi connectivity index (χ2v) is 6.80. The number of nitrogens with one attached hydrogen (secondary N) is 1. The monoisotopic (exact) mass is 380 g/mol. The lowest BCUT2D eigenvalue weighted by Crippen LogP contribution is -2.08. The number of rotatable bonds is 6. The highest BCUT2D eigenvalue weighted by Crippen LogP contribution is 2.24. The van der Waals surface area contributed by atoms with Gasteiger partial charge in [-0.2, -0.15) is 4.98 Å². The first kappa shape index (κ1) is 18.3. The third-order valence-electron chi connectivity index (χ3n) is 4.76. The summed E-state index contributed by atoms with van der Waals surface area (Å²) in [5.41, 5.74) is 3.44. The highest BCUT2D eigenvalue weighted by Gasteiger charge is 2.23. The minimum Gasteiger partial charge on any atom is -0.391 e. The fourth-order valence-corrected chi connectivity index (χ4v) is 3.08. The zero-order chi connectivity index (χ0) is 19.3. The Hall–Kier alpha value is -3.06. The molecule has 1 aromatic heterocycles. The van der Waals surface area contributed by atoms with Crippen LogP contribution >= 0.6 is 0 Å². The molecule has 1 fully saturated rings. The molecule has 6 nitrogen and oxygen atoms in total. The van der Waals surface area contributed by atoms with Gasteiger partial charge in [0, 0.05) is 12.1 Å². The molecule has 0 bridgehead atoms. The van der Waals surface area contributed by atoms with Crippen molar-refractivity contribution in [1.82, 2.24) is 15.5 Å². The van der Waals surface area contributed by atoms with Crippen LogP contribution in [0.25, 0.3) is 11.4 Å². The first-order valence-corrected chi connectivity index (χ1v) is 9.25. The van der Waals surface area contributed by atoms with E-state index in [2.05, 4.69) is 20.6 Å². The predicted molar refractivity (Wildman–Crippen MR) is 103 cm³/mol. The van der Waals surface area contributed by atoms with Gasteiger partial charge in [-0.15, -0.1) is 0 Å². The molecule has 4 rings (SSSR count). The molecule has 0 unspecified atom stereocenters. The van der Waals surface area contributed by atoms with E-state index in [1.165, 1.54) is 12.1 Å². The van der Waals surface area contributed by atoms with Gasteiger partial charge < -0.3 is 14.7 Å². The Balaban J connectivity index is 1.38. The van der Waals surface area contributed by atoms with Gasteiger partial charge in [0.15, 0.2) is 0 Å². The van der Waals surface area contributed by atoms with Crippen molar-refractivity contribution in [3.05, 3.63) is 71.4 Å². The van der Waals surface area contributed by atoms with E-state index in [-0.39, 0.29) is 12.4 Å². The number of aromatic nitrogens is 2. The fraction of sp³-hybridized carbons (Fsp3) is 0.286. The van der Waals surface area contributed by atoms with Gasteiger partial charge in [-0.05, 0) is 43.1 Å². The minimum absolute atomic E-state index is 0.267. The summed E-state index contributed by atoms with van der Waals surface area (Å²) < 4.78 is 18.3. The molecule has 144 valence electrons. The lowest BCUT2D eigenvalue weighted by molar-refractivity contribution is 0.130. The van der Waals surface area contributed by atoms with Crippen LogP contribution in [0.5, 0.6) is 0 Å². The van der Waals surface area contributed by atoms with Crippen LogP contribution in [0.4, 0.5) is 4.39 Å². The molecule has 7 heteroatoms. The summed E-state index contributed by atoms with van der Waals surface area (Å²) in [5, 5.41) is 11.5. The summed E-state index contributed by atoms with van der Waals surface area (Å²) in [5.74, 6) is 1.32. The highest BCUT2D eigenvalue weighted by molar-refractivity contribution is 5.98. The molecule has 1 aliphatic rings. The van der Waals surface area contributed by atoms with E-state index >= 15 is 0 Å². The molecule has 0 saturated carbocycles. The Labute approximate surface area is 162 Å². The van der Waals surface area contributed by atoms with Crippen LogP contribution < -0.4 is 5.32 Å². The maximum atomic E-state index is 12.9. The second kappa shape index (κ2) is 8.31. The Morgan fingerprint density at radius 3 is 2.71 bits per heavy atom. The number of oxime groups is 1. The largest absolute Gasteiger partial charge is 0.391 e. The minimum atomic E-state index is -0.267. The SMILES string of the molecule is CC(=NOCc1ccc(F)cc1)c1ccc(-c2noc([C@@H]3CCNC3)n2)cc1. The number of benzene rings is 2. The molecule has 1 N–H and O–H groups in total. The normalized spacial score (nSPS) is 17.1. The lowest BCUT2D eigenvalue weighted by Gasteiger charge is -2.04. The topological polar surface area (TPSA) is 72.5 Å². The van der Waals surface area contributed by atoms with Gasteiger partial charge in [0.25, 0.3) is 0 Å². The molecule has 0 aliphatic carbocycles. The van der Waals surface area contributed by atoms with E-state index in [0.717, 1.165) is 41.9 Å². The van der Waals surface area contributed by atoms with E-state index in [9.17, 15) is 4.39 Å². The first-order chi connectivity index (χ1) is 13.7. The quantitative estimate of drug-likeness (QED) is 0.519. The zero-order valence-corrected chi connectivity index (χ0v) is 15.6. The molecule has 28 heavy (non-hydrogen) atoms. The number of hydrogen-bond acceptors (Lipinski definition) is 6. The fourth-order valence-electron chi connectivity index (χ4n) is 3.08. The Kier molecular flexibility index (Phi) is 5.43. The molecule has 0 radical (unpaired) electrons.